The van der Waals surface area contributed by atoms with Crippen LogP contribution in [0.1, 0.15) is 42.3 Å². The van der Waals surface area contributed by atoms with Crippen LogP contribution < -0.4 is 0 Å². The van der Waals surface area contributed by atoms with Crippen LogP contribution >= 0.6 is 11.5 Å². The first-order valence-electron chi connectivity index (χ1n) is 9.14. The van der Waals surface area contributed by atoms with Crippen molar-refractivity contribution in [3.8, 4) is 10.6 Å². The van der Waals surface area contributed by atoms with Gasteiger partial charge in [-0.15, -0.1) is 5.10 Å². The molecule has 142 valence electrons. The van der Waals surface area contributed by atoms with Crippen LogP contribution in [0.3, 0.4) is 0 Å². The van der Waals surface area contributed by atoms with Crippen molar-refractivity contribution in [2.24, 2.45) is 0 Å². The number of nitrogens with zero attached hydrogens (tertiary/aromatic N) is 6. The number of carbonyl (C=O) groups is 1. The first-order valence-corrected chi connectivity index (χ1v) is 9.91. The number of piperidine rings is 1. The summed E-state index contributed by atoms with van der Waals surface area (Å²) in [4.78, 5) is 15.5. The lowest BCUT2D eigenvalue weighted by atomic mass is 9.93. The van der Waals surface area contributed by atoms with Gasteiger partial charge in [0.05, 0.1) is 17.1 Å². The van der Waals surface area contributed by atoms with E-state index in [9.17, 15) is 4.79 Å². The second-order valence-electron chi connectivity index (χ2n) is 6.97. The predicted octanol–water partition coefficient (Wildman–Crippen LogP) is 2.80. The SMILES string of the molecule is Cc1cc(-c2snnc2C2CCCN(C(=O)CCn3ccc(C)n3)C2)on1. The van der Waals surface area contributed by atoms with Gasteiger partial charge in [-0.05, 0) is 44.3 Å². The molecule has 0 aromatic carbocycles. The van der Waals surface area contributed by atoms with Gasteiger partial charge < -0.3 is 9.42 Å². The van der Waals surface area contributed by atoms with Crippen molar-refractivity contribution in [1.82, 2.24) is 29.4 Å². The van der Waals surface area contributed by atoms with Crippen LogP contribution in [0.4, 0.5) is 0 Å². The van der Waals surface area contributed by atoms with E-state index in [0.717, 1.165) is 41.3 Å². The summed E-state index contributed by atoms with van der Waals surface area (Å²) < 4.78 is 11.3. The first-order chi connectivity index (χ1) is 13.1. The number of aryl methyl sites for hydroxylation is 3. The van der Waals surface area contributed by atoms with Gasteiger partial charge in [-0.3, -0.25) is 9.48 Å². The van der Waals surface area contributed by atoms with E-state index in [1.165, 1.54) is 11.5 Å². The highest BCUT2D eigenvalue weighted by Crippen LogP contribution is 2.35. The molecule has 0 spiro atoms. The topological polar surface area (TPSA) is 89.9 Å². The number of hydrogen-bond donors (Lipinski definition) is 0. The fourth-order valence-electron chi connectivity index (χ4n) is 3.49. The summed E-state index contributed by atoms with van der Waals surface area (Å²) in [5.41, 5.74) is 2.71. The maximum Gasteiger partial charge on any atom is 0.224 e. The molecule has 9 heteroatoms. The third kappa shape index (κ3) is 3.92. The van der Waals surface area contributed by atoms with Crippen molar-refractivity contribution in [3.05, 3.63) is 35.4 Å². The number of hydrogen-bond acceptors (Lipinski definition) is 7. The highest BCUT2D eigenvalue weighted by atomic mass is 32.1. The quantitative estimate of drug-likeness (QED) is 0.670. The fraction of sp³-hybridized carbons (Fsp3) is 0.500. The van der Waals surface area contributed by atoms with Gasteiger partial charge in [-0.1, -0.05) is 9.64 Å². The van der Waals surface area contributed by atoms with Crippen molar-refractivity contribution < 1.29 is 9.32 Å². The van der Waals surface area contributed by atoms with Crippen molar-refractivity contribution in [1.29, 1.82) is 0 Å². The standard InChI is InChI=1S/C18H22N6O2S/c1-12-5-8-24(20-12)9-6-16(25)23-7-3-4-14(11-23)17-18(27-22-19-17)15-10-13(2)21-26-15/h5,8,10,14H,3-4,6-7,9,11H2,1-2H3. The zero-order chi connectivity index (χ0) is 18.8. The number of aromatic nitrogens is 5. The Morgan fingerprint density at radius 2 is 2.26 bits per heavy atom. The molecule has 4 heterocycles. The van der Waals surface area contributed by atoms with Gasteiger partial charge >= 0.3 is 0 Å². The molecule has 0 aliphatic carbocycles. The summed E-state index contributed by atoms with van der Waals surface area (Å²) >= 11 is 1.32. The van der Waals surface area contributed by atoms with Gasteiger partial charge in [0.15, 0.2) is 5.76 Å². The molecule has 8 nitrogen and oxygen atoms in total. The van der Waals surface area contributed by atoms with Crippen LogP contribution in [0.25, 0.3) is 10.6 Å². The average Bonchev–Trinajstić information content (AvgIpc) is 3.40. The monoisotopic (exact) mass is 386 g/mol. The minimum Gasteiger partial charge on any atom is -0.355 e. The van der Waals surface area contributed by atoms with Gasteiger partial charge in [0.25, 0.3) is 0 Å². The Morgan fingerprint density at radius 3 is 3.00 bits per heavy atom. The predicted molar refractivity (Wildman–Crippen MR) is 100 cm³/mol. The minimum atomic E-state index is 0.160. The summed E-state index contributed by atoms with van der Waals surface area (Å²) in [6, 6.07) is 3.85. The fourth-order valence-corrected chi connectivity index (χ4v) is 4.19. The van der Waals surface area contributed by atoms with E-state index in [4.69, 9.17) is 4.52 Å². The van der Waals surface area contributed by atoms with Crippen molar-refractivity contribution in [2.75, 3.05) is 13.1 Å². The molecule has 3 aromatic heterocycles. The van der Waals surface area contributed by atoms with Gasteiger partial charge in [0, 0.05) is 44.2 Å². The maximum atomic E-state index is 12.7. The Morgan fingerprint density at radius 1 is 1.37 bits per heavy atom. The summed E-state index contributed by atoms with van der Waals surface area (Å²) in [6.45, 7) is 5.91. The molecule has 1 unspecified atom stereocenters. The Bertz CT molecular complexity index is 930. The molecule has 0 radical (unpaired) electrons. The van der Waals surface area contributed by atoms with E-state index in [2.05, 4.69) is 19.8 Å². The number of amides is 1. The zero-order valence-electron chi connectivity index (χ0n) is 15.5. The largest absolute Gasteiger partial charge is 0.355 e. The molecule has 1 saturated heterocycles. The van der Waals surface area contributed by atoms with Gasteiger partial charge in [-0.2, -0.15) is 5.10 Å². The lowest BCUT2D eigenvalue weighted by Crippen LogP contribution is -2.39. The van der Waals surface area contributed by atoms with Crippen LogP contribution in [0.2, 0.25) is 0 Å². The van der Waals surface area contributed by atoms with Gasteiger partial charge in [-0.25, -0.2) is 0 Å². The smallest absolute Gasteiger partial charge is 0.224 e. The molecule has 0 saturated carbocycles. The molecular weight excluding hydrogens is 364 g/mol. The second-order valence-corrected chi connectivity index (χ2v) is 7.72. The van der Waals surface area contributed by atoms with Crippen molar-refractivity contribution in [3.63, 3.8) is 0 Å². The highest BCUT2D eigenvalue weighted by Gasteiger charge is 2.29. The Kier molecular flexibility index (Phi) is 5.02. The van der Waals surface area contributed by atoms with E-state index in [-0.39, 0.29) is 11.8 Å². The molecule has 27 heavy (non-hydrogen) atoms. The van der Waals surface area contributed by atoms with E-state index in [1.807, 2.05) is 41.8 Å². The third-order valence-corrected chi connectivity index (χ3v) is 5.61. The third-order valence-electron chi connectivity index (χ3n) is 4.85. The molecule has 0 bridgehead atoms. The summed E-state index contributed by atoms with van der Waals surface area (Å²) in [5, 5.41) is 12.6. The molecule has 1 fully saturated rings. The molecule has 1 amide bonds. The second kappa shape index (κ2) is 7.59. The molecule has 0 N–H and O–H groups in total. The maximum absolute atomic E-state index is 12.7. The molecule has 3 aromatic rings. The number of rotatable bonds is 5. The van der Waals surface area contributed by atoms with Gasteiger partial charge in [0.1, 0.15) is 4.88 Å². The molecule has 1 aliphatic heterocycles. The van der Waals surface area contributed by atoms with E-state index >= 15 is 0 Å². The Balaban J connectivity index is 1.42. The normalized spacial score (nSPS) is 17.4. The van der Waals surface area contributed by atoms with Crippen LogP contribution in [0.15, 0.2) is 22.9 Å². The minimum absolute atomic E-state index is 0.160. The Labute approximate surface area is 161 Å². The van der Waals surface area contributed by atoms with Crippen molar-refractivity contribution in [2.45, 2.75) is 45.6 Å². The summed E-state index contributed by atoms with van der Waals surface area (Å²) in [7, 11) is 0. The number of likely N-dealkylation sites (tertiary alicyclic amines) is 1. The van der Waals surface area contributed by atoms with E-state index in [0.29, 0.717) is 25.3 Å². The van der Waals surface area contributed by atoms with Crippen molar-refractivity contribution >= 4 is 17.4 Å². The van der Waals surface area contributed by atoms with Crippen LogP contribution in [0, 0.1) is 13.8 Å². The van der Waals surface area contributed by atoms with E-state index < -0.39 is 0 Å². The molecule has 1 aliphatic rings. The molecular formula is C18H22N6O2S. The average molecular weight is 386 g/mol. The van der Waals surface area contributed by atoms with E-state index in [1.54, 1.807) is 0 Å². The zero-order valence-corrected chi connectivity index (χ0v) is 16.3. The van der Waals surface area contributed by atoms with Gasteiger partial charge in [0.2, 0.25) is 5.91 Å². The lowest BCUT2D eigenvalue weighted by molar-refractivity contribution is -0.132. The molecule has 4 rings (SSSR count). The lowest BCUT2D eigenvalue weighted by Gasteiger charge is -2.32. The summed E-state index contributed by atoms with van der Waals surface area (Å²) in [6.07, 6.45) is 4.32. The van der Waals surface area contributed by atoms with Crippen LogP contribution in [0.5, 0.6) is 0 Å². The Hall–Kier alpha value is -2.55. The summed E-state index contributed by atoms with van der Waals surface area (Å²) in [5.74, 6) is 1.04. The highest BCUT2D eigenvalue weighted by molar-refractivity contribution is 7.09. The van der Waals surface area contributed by atoms with Crippen LogP contribution in [-0.2, 0) is 11.3 Å². The molecule has 1 atom stereocenters. The first kappa shape index (κ1) is 17.8. The number of carbonyl (C=O) groups excluding carboxylic acids is 1. The van der Waals surface area contributed by atoms with Crippen LogP contribution in [-0.4, -0.2) is 48.4 Å².